The molecular weight excluding hydrogens is 659 g/mol. The lowest BCUT2D eigenvalue weighted by molar-refractivity contribution is -0.146. The van der Waals surface area contributed by atoms with Crippen molar-refractivity contribution >= 4 is 34.8 Å². The van der Waals surface area contributed by atoms with Gasteiger partial charge in [-0.2, -0.15) is 0 Å². The molecule has 9 nitrogen and oxygen atoms in total. The van der Waals surface area contributed by atoms with E-state index in [1.54, 1.807) is 6.07 Å². The van der Waals surface area contributed by atoms with Crippen LogP contribution in [-0.4, -0.2) is 58.0 Å². The van der Waals surface area contributed by atoms with Gasteiger partial charge in [0.05, 0.1) is 28.9 Å². The summed E-state index contributed by atoms with van der Waals surface area (Å²) in [4.78, 5) is 51.6. The van der Waals surface area contributed by atoms with Crippen molar-refractivity contribution in [1.29, 1.82) is 0 Å². The molecule has 0 bridgehead atoms. The zero-order valence-electron chi connectivity index (χ0n) is 30.7. The molecule has 0 radical (unpaired) electrons. The fraction of sp³-hybridized carbons (Fsp3) is 0.585. The molecule has 1 atom stereocenters. The van der Waals surface area contributed by atoms with Crippen LogP contribution in [0.4, 0.5) is 5.69 Å². The Morgan fingerprint density at radius 1 is 0.922 bits per heavy atom. The van der Waals surface area contributed by atoms with Crippen molar-refractivity contribution < 1.29 is 19.5 Å². The number of hydrogen-bond acceptors (Lipinski definition) is 7. The van der Waals surface area contributed by atoms with Crippen molar-refractivity contribution in [3.05, 3.63) is 64.1 Å². The molecule has 0 spiro atoms. The largest absolute Gasteiger partial charge is 0.481 e. The molecule has 1 aliphatic heterocycles. The van der Waals surface area contributed by atoms with Gasteiger partial charge in [-0.1, -0.05) is 77.6 Å². The summed E-state index contributed by atoms with van der Waals surface area (Å²) in [5.74, 6) is 1.48. The average Bonchev–Trinajstić information content (AvgIpc) is 3.62. The highest BCUT2D eigenvalue weighted by atomic mass is 32.1. The standard InChI is InChI=1S/C41H55N5O4S/c1-5-6-26-7-11-28(12-8-26)29-17-19-46(20-18-29)33-24-42-37(43-25-33)30-13-9-27(10-14-30)21-34(38(47)44-32-22-31(23-32)40(49)50)45-39(48)35-15-16-36(51-35)41(2,3)4/h9-10,13-16,24-26,28-29,31-32,34H,5-8,11-12,17-23H2,1-4H3,(H,44,47)(H,45,48)(H,49,50)/t26-,28-,31-,32-,34-/m0/s1. The summed E-state index contributed by atoms with van der Waals surface area (Å²) in [6, 6.07) is 10.6. The Hall–Kier alpha value is -3.79. The molecule has 3 aliphatic rings. The number of thiophene rings is 1. The first-order valence-electron chi connectivity index (χ1n) is 19.1. The zero-order valence-corrected chi connectivity index (χ0v) is 31.5. The molecule has 2 aliphatic carbocycles. The number of anilines is 1. The first kappa shape index (κ1) is 37.0. The summed E-state index contributed by atoms with van der Waals surface area (Å²) in [7, 11) is 0. The van der Waals surface area contributed by atoms with E-state index in [4.69, 9.17) is 9.97 Å². The van der Waals surface area contributed by atoms with E-state index in [1.807, 2.05) is 42.7 Å². The van der Waals surface area contributed by atoms with Gasteiger partial charge in [-0.05, 0) is 79.4 Å². The van der Waals surface area contributed by atoms with Gasteiger partial charge in [0.2, 0.25) is 5.91 Å². The maximum absolute atomic E-state index is 13.4. The Labute approximate surface area is 307 Å². The molecule has 2 amide bonds. The first-order chi connectivity index (χ1) is 24.5. The number of amides is 2. The summed E-state index contributed by atoms with van der Waals surface area (Å²) in [5, 5.41) is 15.2. The highest BCUT2D eigenvalue weighted by molar-refractivity contribution is 7.14. The lowest BCUT2D eigenvalue weighted by Gasteiger charge is -2.39. The second kappa shape index (κ2) is 16.3. The van der Waals surface area contributed by atoms with E-state index in [-0.39, 0.29) is 23.3 Å². The van der Waals surface area contributed by atoms with E-state index >= 15 is 0 Å². The minimum atomic E-state index is -0.841. The van der Waals surface area contributed by atoms with Crippen molar-refractivity contribution in [2.75, 3.05) is 18.0 Å². The van der Waals surface area contributed by atoms with Crippen LogP contribution in [0.15, 0.2) is 48.8 Å². The lowest BCUT2D eigenvalue weighted by atomic mass is 9.72. The maximum Gasteiger partial charge on any atom is 0.306 e. The van der Waals surface area contributed by atoms with Crippen LogP contribution in [0.1, 0.15) is 112 Å². The number of aromatic nitrogens is 2. The lowest BCUT2D eigenvalue weighted by Crippen LogP contribution is -2.54. The summed E-state index contributed by atoms with van der Waals surface area (Å²) < 4.78 is 0. The minimum absolute atomic E-state index is 0.0829. The number of piperidine rings is 1. The van der Waals surface area contributed by atoms with Crippen LogP contribution in [0.25, 0.3) is 11.4 Å². The number of benzene rings is 1. The SMILES string of the molecule is CCC[C@H]1CC[C@H](C2CCN(c3cnc(-c4ccc(C[C@H](NC(=O)c5ccc(C(C)(C)C)s5)C(=O)N[C@H]5C[C@H](C(=O)O)C5)cc4)nc3)CC2)CC1. The second-order valence-electron chi connectivity index (χ2n) is 16.2. The number of carboxylic acids is 1. The molecule has 1 saturated heterocycles. The van der Waals surface area contributed by atoms with Gasteiger partial charge >= 0.3 is 5.97 Å². The predicted molar refractivity (Wildman–Crippen MR) is 203 cm³/mol. The normalized spacial score (nSPS) is 23.3. The Morgan fingerprint density at radius 3 is 2.16 bits per heavy atom. The molecule has 51 heavy (non-hydrogen) atoms. The zero-order chi connectivity index (χ0) is 36.1. The molecule has 2 aromatic heterocycles. The number of carboxylic acid groups (broad SMARTS) is 1. The van der Waals surface area contributed by atoms with Crippen molar-refractivity contribution in [2.24, 2.45) is 23.7 Å². The molecular formula is C41H55N5O4S. The number of nitrogens with zero attached hydrogens (tertiary/aromatic N) is 3. The van der Waals surface area contributed by atoms with Gasteiger partial charge in [0.15, 0.2) is 5.82 Å². The van der Waals surface area contributed by atoms with Gasteiger partial charge in [-0.3, -0.25) is 14.4 Å². The van der Waals surface area contributed by atoms with E-state index in [1.165, 1.54) is 62.7 Å². The second-order valence-corrected chi connectivity index (χ2v) is 17.3. The van der Waals surface area contributed by atoms with Gasteiger partial charge in [0.25, 0.3) is 5.91 Å². The van der Waals surface area contributed by atoms with Crippen molar-refractivity contribution in [3.63, 3.8) is 0 Å². The van der Waals surface area contributed by atoms with E-state index in [0.717, 1.165) is 52.5 Å². The Bertz CT molecular complexity index is 1630. The number of hydrogen-bond donors (Lipinski definition) is 3. The Kier molecular flexibility index (Phi) is 11.8. The number of rotatable bonds is 12. The van der Waals surface area contributed by atoms with Crippen LogP contribution in [0, 0.1) is 23.7 Å². The van der Waals surface area contributed by atoms with Crippen molar-refractivity contribution in [3.8, 4) is 11.4 Å². The first-order valence-corrected chi connectivity index (χ1v) is 19.9. The van der Waals surface area contributed by atoms with E-state index in [0.29, 0.717) is 30.0 Å². The molecule has 274 valence electrons. The van der Waals surface area contributed by atoms with Gasteiger partial charge in [0, 0.05) is 36.0 Å². The van der Waals surface area contributed by atoms with E-state index in [2.05, 4.69) is 43.2 Å². The van der Waals surface area contributed by atoms with Crippen LogP contribution in [-0.2, 0) is 21.4 Å². The fourth-order valence-corrected chi connectivity index (χ4v) is 9.15. The van der Waals surface area contributed by atoms with E-state index < -0.39 is 17.9 Å². The molecule has 2 saturated carbocycles. The number of aliphatic carboxylic acids is 1. The van der Waals surface area contributed by atoms with Crippen LogP contribution in [0.3, 0.4) is 0 Å². The third-order valence-corrected chi connectivity index (χ3v) is 13.0. The Morgan fingerprint density at radius 2 is 1.57 bits per heavy atom. The van der Waals surface area contributed by atoms with Gasteiger partial charge in [-0.15, -0.1) is 11.3 Å². The highest BCUT2D eigenvalue weighted by Gasteiger charge is 2.37. The smallest absolute Gasteiger partial charge is 0.306 e. The number of carbonyl (C=O) groups is 3. The monoisotopic (exact) mass is 713 g/mol. The molecule has 3 N–H and O–H groups in total. The quantitative estimate of drug-likeness (QED) is 0.176. The summed E-state index contributed by atoms with van der Waals surface area (Å²) in [6.07, 6.45) is 15.9. The van der Waals surface area contributed by atoms with Gasteiger partial charge in [-0.25, -0.2) is 9.97 Å². The fourth-order valence-electron chi connectivity index (χ4n) is 8.19. The van der Waals surface area contributed by atoms with Gasteiger partial charge < -0.3 is 20.6 Å². The molecule has 6 rings (SSSR count). The molecule has 3 fully saturated rings. The third kappa shape index (κ3) is 9.36. The molecule has 1 aromatic carbocycles. The van der Waals surface area contributed by atoms with Crippen LogP contribution in [0.2, 0.25) is 0 Å². The summed E-state index contributed by atoms with van der Waals surface area (Å²) in [5.41, 5.74) is 2.76. The summed E-state index contributed by atoms with van der Waals surface area (Å²) >= 11 is 1.43. The molecule has 0 unspecified atom stereocenters. The third-order valence-electron chi connectivity index (χ3n) is 11.5. The summed E-state index contributed by atoms with van der Waals surface area (Å²) in [6.45, 7) is 10.7. The average molecular weight is 714 g/mol. The van der Waals surface area contributed by atoms with Crippen LogP contribution < -0.4 is 15.5 Å². The predicted octanol–water partition coefficient (Wildman–Crippen LogP) is 7.65. The van der Waals surface area contributed by atoms with Gasteiger partial charge in [0.1, 0.15) is 6.04 Å². The minimum Gasteiger partial charge on any atom is -0.481 e. The number of carbonyl (C=O) groups excluding carboxylic acids is 2. The molecule has 3 aromatic rings. The molecule has 10 heteroatoms. The topological polar surface area (TPSA) is 125 Å². The maximum atomic E-state index is 13.4. The Balaban J connectivity index is 1.05. The van der Waals surface area contributed by atoms with Crippen molar-refractivity contribution in [2.45, 2.75) is 116 Å². The van der Waals surface area contributed by atoms with Crippen molar-refractivity contribution in [1.82, 2.24) is 20.6 Å². The van der Waals surface area contributed by atoms with Crippen LogP contribution >= 0.6 is 11.3 Å². The van der Waals surface area contributed by atoms with Crippen LogP contribution in [0.5, 0.6) is 0 Å². The number of nitrogens with one attached hydrogen (secondary N) is 2. The molecule has 3 heterocycles. The van der Waals surface area contributed by atoms with E-state index in [9.17, 15) is 19.5 Å². The highest BCUT2D eigenvalue weighted by Crippen LogP contribution is 2.40.